The minimum Gasteiger partial charge on any atom is -0.477 e. The van der Waals surface area contributed by atoms with Gasteiger partial charge in [0.25, 0.3) is 11.6 Å². The van der Waals surface area contributed by atoms with Gasteiger partial charge in [-0.05, 0) is 0 Å². The number of phosphoric ester groups is 2. The molecule has 111 heavy (non-hydrogen) atoms. The van der Waals surface area contributed by atoms with Crippen LogP contribution in [0.3, 0.4) is 0 Å². The van der Waals surface area contributed by atoms with E-state index in [1.165, 1.54) is 0 Å². The van der Waals surface area contributed by atoms with Crippen molar-refractivity contribution < 1.29 is 256 Å². The zero-order chi connectivity index (χ0) is 82.9. The first-order valence-electron chi connectivity index (χ1n) is 33.7. The third-order valence-electron chi connectivity index (χ3n) is 19.5. The molecule has 0 aromatic rings. The Labute approximate surface area is 622 Å². The Bertz CT molecular complexity index is 3050. The van der Waals surface area contributed by atoms with Gasteiger partial charge in [-0.25, -0.2) is 18.7 Å². The highest BCUT2D eigenvalue weighted by molar-refractivity contribution is 7.46. The molecule has 0 amide bonds. The van der Waals surface area contributed by atoms with E-state index in [0.717, 1.165) is 0 Å². The van der Waals surface area contributed by atoms with Crippen LogP contribution < -0.4 is 11.5 Å². The molecule has 56 heteroatoms. The number of ether oxygens (including phenoxy) is 15. The number of carboxylic acids is 2. The Morgan fingerprint density at radius 2 is 0.874 bits per heavy atom. The Hall–Kier alpha value is -2.52. The molecule has 0 radical (unpaired) electrons. The molecule has 35 N–H and O–H groups in total. The molecule has 8 aliphatic heterocycles. The molecule has 0 spiro atoms. The van der Waals surface area contributed by atoms with Gasteiger partial charge >= 0.3 is 27.6 Å². The summed E-state index contributed by atoms with van der Waals surface area (Å²) in [5, 5.41) is 295. The number of rotatable bonds is 33. The average molecular weight is 1680 g/mol. The second-order valence-corrected chi connectivity index (χ2v) is 29.5. The summed E-state index contributed by atoms with van der Waals surface area (Å²) in [6, 6.07) is -3.57. The average Bonchev–Trinajstić information content (AvgIpc) is 0.726. The summed E-state index contributed by atoms with van der Waals surface area (Å²) in [4.78, 5) is 68.6. The maximum atomic E-state index is 14.1. The molecule has 43 atom stereocenters. The predicted octanol–water partition coefficient (Wildman–Crippen LogP) is -20.5. The van der Waals surface area contributed by atoms with Crippen molar-refractivity contribution in [3.05, 3.63) is 0 Å². The standard InChI is InChI=1S/C55H96N2O52P2/c56-21-26(72)25(71)19(96-46(21)82)9-94-47-22(57)27(73)41(108-110(87,88)89)20(98-47)10-95-54(52(83)84)2-17(105-55(53(85)86)1-11(63)23(69)38(106-55)13(65)4-59)42(40(107-54)15(67)6-61)102-51-35(81)44(45(109-111(90,91)92)39(101-51)14(66)5-60)104-50-34(80)43(103-49-32(78)28(74)24(70)18(7-62)97-49)33(79)37(100-50)16(68)8-93-48-31(77)29(75)30(76)36(99-48)12(64)3-58/h11-51,58-82H,1-10,56-57H2,(H,83,84)(H,85,86)(H2,87,88,89)(H2,90,91,92)/t11-,12+,13-,14+,15-,16+,17+,18-,19-,20-,21-,22-,23-,24-,25-,26-,27-,28+,29+,30+,31+,32-,33-,34+,35+,36-,37-,38-,39-,40-,41-,42-,43+,44-,45-,46+,47-,48+,49-,50-,51-,54-,55-/m1/s1. The fourth-order valence-corrected chi connectivity index (χ4v) is 14.6. The van der Waals surface area contributed by atoms with E-state index >= 15 is 0 Å². The van der Waals surface area contributed by atoms with Gasteiger partial charge in [-0.1, -0.05) is 0 Å². The van der Waals surface area contributed by atoms with Gasteiger partial charge in [0.05, 0.1) is 77.1 Å². The van der Waals surface area contributed by atoms with Crippen LogP contribution in [0, 0.1) is 0 Å². The Morgan fingerprint density at radius 1 is 0.405 bits per heavy atom. The van der Waals surface area contributed by atoms with E-state index in [9.17, 15) is 176 Å². The number of aliphatic carboxylic acids is 2. The van der Waals surface area contributed by atoms with E-state index in [0.29, 0.717) is 0 Å². The lowest BCUT2D eigenvalue weighted by Crippen LogP contribution is -2.71. The second kappa shape index (κ2) is 38.7. The molecule has 0 aromatic carbocycles. The third kappa shape index (κ3) is 21.0. The molecule has 8 rings (SSSR count). The molecule has 0 aliphatic carbocycles. The number of aliphatic hydroxyl groups excluding tert-OH is 25. The van der Waals surface area contributed by atoms with Gasteiger partial charge in [0.15, 0.2) is 37.7 Å². The SMILES string of the molecule is N[C@@H]1[C@@H](O)[C@H](O)[C@@H](CO[C@@H]2O[C@H](CO[C@]3(C(=O)O)C[C@H](O[C@]4(C(=O)O)C[C@@H](O)[C@@H](O)[C@@H]([C@H](O)CO)O4)[C@@H](O[C@H]4O[C@H]([C@@H](O)CO)[C@@H](OP(=O)(O)O)[C@H](O[C@H]5O[C@H]([C@@H](O)CO[C@H]6O[C@H]([C@@H](O)CO)[C@@H](O)[C@H](O)[C@@H]6O)[C@@H](O)[C@H](O[C@H]6O[C@H](CO)[C@@H](O)[C@H](O)[C@H]6O)[C@@H]5O)[C@@H]4O)[C@@H]([C@H](O)CO)O3)[C@@H](OP(=O)(O)O)[C@H](O)[C@H]2N)O[C@@H]1O. The van der Waals surface area contributed by atoms with Crippen LogP contribution in [0.15, 0.2) is 0 Å². The van der Waals surface area contributed by atoms with Gasteiger partial charge in [0.2, 0.25) is 0 Å². The summed E-state index contributed by atoms with van der Waals surface area (Å²) in [7, 11) is -12.1. The van der Waals surface area contributed by atoms with Crippen LogP contribution in [-0.4, -0.2) is 485 Å². The van der Waals surface area contributed by atoms with E-state index in [-0.39, 0.29) is 0 Å². The van der Waals surface area contributed by atoms with E-state index in [1.807, 2.05) is 0 Å². The molecule has 0 bridgehead atoms. The molecule has 8 saturated heterocycles. The number of aliphatic hydroxyl groups is 25. The first kappa shape index (κ1) is 94.0. The van der Waals surface area contributed by atoms with Gasteiger partial charge in [-0.15, -0.1) is 0 Å². The molecule has 0 aromatic heterocycles. The fourth-order valence-electron chi connectivity index (χ4n) is 13.4. The van der Waals surface area contributed by atoms with E-state index in [2.05, 4.69) is 0 Å². The van der Waals surface area contributed by atoms with Crippen molar-refractivity contribution in [3.63, 3.8) is 0 Å². The lowest BCUT2D eigenvalue weighted by Gasteiger charge is -2.53. The van der Waals surface area contributed by atoms with Gasteiger partial charge in [-0.2, -0.15) is 0 Å². The quantitative estimate of drug-likeness (QED) is 0.0271. The number of nitrogens with two attached hydrogens (primary N) is 2. The molecule has 648 valence electrons. The lowest BCUT2D eigenvalue weighted by molar-refractivity contribution is -0.408. The van der Waals surface area contributed by atoms with Crippen LogP contribution in [0.2, 0.25) is 0 Å². The highest BCUT2D eigenvalue weighted by Gasteiger charge is 2.65. The molecule has 8 fully saturated rings. The van der Waals surface area contributed by atoms with Crippen LogP contribution in [0.5, 0.6) is 0 Å². The Morgan fingerprint density at radius 3 is 1.45 bits per heavy atom. The van der Waals surface area contributed by atoms with Gasteiger partial charge < -0.3 is 240 Å². The van der Waals surface area contributed by atoms with Gasteiger partial charge in [0.1, 0.15) is 189 Å². The van der Waals surface area contributed by atoms with Crippen LogP contribution >= 0.6 is 15.6 Å². The summed E-state index contributed by atoms with van der Waals surface area (Å²) in [5.41, 5.74) is 11.8. The largest absolute Gasteiger partial charge is 0.477 e. The van der Waals surface area contributed by atoms with E-state index in [1.54, 1.807) is 0 Å². The third-order valence-corrected chi connectivity index (χ3v) is 20.5. The molecular formula is C55H96N2O52P2. The molecule has 8 heterocycles. The topological polar surface area (TPSA) is 904 Å². The summed E-state index contributed by atoms with van der Waals surface area (Å²) in [6.07, 6.45) is -98.1. The summed E-state index contributed by atoms with van der Waals surface area (Å²) in [5.74, 6) is -12.3. The van der Waals surface area contributed by atoms with Crippen LogP contribution in [0.25, 0.3) is 0 Å². The lowest BCUT2D eigenvalue weighted by atomic mass is 9.89. The van der Waals surface area contributed by atoms with Crippen molar-refractivity contribution in [1.82, 2.24) is 0 Å². The smallest absolute Gasteiger partial charge is 0.470 e. The summed E-state index contributed by atoms with van der Waals surface area (Å²) in [6.45, 7) is -10.8. The number of hydrogen-bond acceptors (Lipinski definition) is 48. The second-order valence-electron chi connectivity index (χ2n) is 27.2. The molecule has 0 saturated carbocycles. The van der Waals surface area contributed by atoms with E-state index in [4.69, 9.17) is 91.6 Å². The minimum absolute atomic E-state index is 0.953. The first-order valence-corrected chi connectivity index (χ1v) is 36.7. The maximum absolute atomic E-state index is 14.1. The number of carbonyl (C=O) groups is 2. The zero-order valence-corrected chi connectivity index (χ0v) is 59.0. The van der Waals surface area contributed by atoms with E-state index < -0.39 is 356 Å². The van der Waals surface area contributed by atoms with Crippen molar-refractivity contribution in [2.45, 2.75) is 276 Å². The van der Waals surface area contributed by atoms with Crippen molar-refractivity contribution in [1.29, 1.82) is 0 Å². The van der Waals surface area contributed by atoms with Crippen LogP contribution in [0.4, 0.5) is 0 Å². The van der Waals surface area contributed by atoms with Crippen molar-refractivity contribution >= 4 is 27.6 Å². The summed E-state index contributed by atoms with van der Waals surface area (Å²) >= 11 is 0. The number of phosphoric acid groups is 2. The monoisotopic (exact) mass is 1680 g/mol. The fraction of sp³-hybridized carbons (Fsp3) is 0.964. The van der Waals surface area contributed by atoms with Crippen LogP contribution in [-0.2, 0) is 98.8 Å². The zero-order valence-electron chi connectivity index (χ0n) is 57.2. The van der Waals surface area contributed by atoms with Crippen molar-refractivity contribution in [2.24, 2.45) is 11.5 Å². The van der Waals surface area contributed by atoms with Crippen molar-refractivity contribution in [2.75, 3.05) is 52.9 Å². The highest BCUT2D eigenvalue weighted by atomic mass is 31.2. The maximum Gasteiger partial charge on any atom is 0.470 e. The minimum atomic E-state index is -6.20. The predicted molar refractivity (Wildman–Crippen MR) is 331 cm³/mol. The number of carboxylic acid groups (broad SMARTS) is 2. The molecular weight excluding hydrogens is 1580 g/mol. The highest BCUT2D eigenvalue weighted by Crippen LogP contribution is 2.48. The van der Waals surface area contributed by atoms with Crippen molar-refractivity contribution in [3.8, 4) is 0 Å². The molecule has 8 aliphatic rings. The van der Waals surface area contributed by atoms with Crippen LogP contribution in [0.1, 0.15) is 12.8 Å². The number of hydrogen-bond donors (Lipinski definition) is 33. The van der Waals surface area contributed by atoms with Gasteiger partial charge in [0, 0.05) is 12.8 Å². The Kier molecular flexibility index (Phi) is 32.8. The normalized spacial score (nSPS) is 47.1. The summed E-state index contributed by atoms with van der Waals surface area (Å²) < 4.78 is 120. The Balaban J connectivity index is 1.21. The molecule has 54 nitrogen and oxygen atoms in total. The van der Waals surface area contributed by atoms with Gasteiger partial charge in [-0.3, -0.25) is 9.05 Å². The molecule has 0 unspecified atom stereocenters. The first-order chi connectivity index (χ1) is 51.7.